The van der Waals surface area contributed by atoms with E-state index < -0.39 is 63.3 Å². The zero-order chi connectivity index (χ0) is 25.7. The molecule has 0 fully saturated rings. The Morgan fingerprint density at radius 3 is 1.82 bits per heavy atom. The van der Waals surface area contributed by atoms with Gasteiger partial charge >= 0.3 is 357 Å². The molecule has 1 aromatic heterocycles. The Labute approximate surface area is 342 Å². The van der Waals surface area contributed by atoms with Gasteiger partial charge in [0.25, 0.3) is 0 Å². The Hall–Kier alpha value is 12.1. The van der Waals surface area contributed by atoms with Gasteiger partial charge in [-0.2, -0.15) is 0 Å². The van der Waals surface area contributed by atoms with Crippen LogP contribution in [0.2, 0.25) is 0 Å². The molecule has 0 spiro atoms. The molecule has 1 aliphatic heterocycles. The van der Waals surface area contributed by atoms with Gasteiger partial charge in [0.1, 0.15) is 0 Å². The van der Waals surface area contributed by atoms with Crippen molar-refractivity contribution in [3.8, 4) is 0 Å². The Morgan fingerprint density at radius 2 is 1.42 bits per heavy atom. The normalized spacial score (nSPS) is 26.5. The van der Waals surface area contributed by atoms with E-state index in [0.29, 0.717) is 16.4 Å². The monoisotopic (exact) mass is 2490 g/mol. The van der Waals surface area contributed by atoms with Crippen molar-refractivity contribution in [2.45, 2.75) is 43.3 Å². The van der Waals surface area contributed by atoms with Crippen LogP contribution < -0.4 is 31.9 Å². The van der Waals surface area contributed by atoms with Crippen molar-refractivity contribution in [3.63, 3.8) is 0 Å². The van der Waals surface area contributed by atoms with E-state index in [1.165, 1.54) is 17.3 Å². The fourth-order valence-corrected chi connectivity index (χ4v) is 521. The molecule has 4 nitrogen and oxygen atoms in total. The van der Waals surface area contributed by atoms with Gasteiger partial charge in [-0.15, -0.1) is 0 Å². The Kier molecular flexibility index (Phi) is 22.8. The number of fused-ring (bicyclic) bond motifs is 1. The van der Waals surface area contributed by atoms with Gasteiger partial charge in [-0.25, -0.2) is 0 Å². The minimum atomic E-state index is -1.39. The number of nitrogens with one attached hydrogen (secondary N) is 1. The Morgan fingerprint density at radius 1 is 0.879 bits per heavy atom. The quantitative estimate of drug-likeness (QED) is 0.160. The van der Waals surface area contributed by atoms with E-state index in [2.05, 4.69) is 236 Å². The molecule has 2 atom stereocenters. The van der Waals surface area contributed by atoms with Crippen molar-refractivity contribution in [1.82, 2.24) is 14.6 Å². The zero-order valence-corrected chi connectivity index (χ0v) is 55.5. The third-order valence-corrected chi connectivity index (χ3v) is 432. The maximum atomic E-state index is 5.21. The van der Waals surface area contributed by atoms with Crippen LogP contribution in [0.1, 0.15) is 32.3 Å². The summed E-state index contributed by atoms with van der Waals surface area (Å²) in [5.41, 5.74) is 5.49. The summed E-state index contributed by atoms with van der Waals surface area (Å²) in [6.07, 6.45) is 0. The van der Waals surface area contributed by atoms with Gasteiger partial charge in [-0.05, 0) is 0 Å². The molecule has 2 rings (SSSR count). The summed E-state index contributed by atoms with van der Waals surface area (Å²) in [5, 5.41) is 2.95. The number of alkyl halides is 4. The number of halogens is 18. The fraction of sp³-hybridized carbons (Fsp3) is 0.727. The van der Waals surface area contributed by atoms with Crippen LogP contribution >= 0.6 is 249 Å². The zero-order valence-electron chi connectivity index (χ0n) is 16.6. The minimum absolute atomic E-state index is 0.101. The number of hydrazine groups is 1. The fourth-order valence-electron chi connectivity index (χ4n) is 3.06. The van der Waals surface area contributed by atoms with Crippen LogP contribution in [0.4, 0.5) is 5.82 Å². The van der Waals surface area contributed by atoms with Crippen molar-refractivity contribution in [2.24, 2.45) is 0 Å². The van der Waals surface area contributed by atoms with E-state index in [1.54, 1.807) is 0 Å². The summed E-state index contributed by atoms with van der Waals surface area (Å²) in [6.45, 7) is 12.1. The molecule has 0 saturated heterocycles. The summed E-state index contributed by atoms with van der Waals surface area (Å²) in [5.74, 6) is 2.69. The second kappa shape index (κ2) is 18.2. The SMILES string of the molecule is Cc1nc(C)n2c1NN(C(C)(C)C)C(I(I)I)(I(I)[I-]I)C2(I(I)I(I)I)I(I)I(I)[I-]I. The second-order valence-electron chi connectivity index (χ2n) is 6.85. The maximum absolute atomic E-state index is 5.21. The first-order valence-electron chi connectivity index (χ1n) is 7.79. The second-order valence-corrected chi connectivity index (χ2v) is 237. The van der Waals surface area contributed by atoms with Crippen molar-refractivity contribution in [2.75, 3.05) is 5.43 Å². The first kappa shape index (κ1) is 41.3. The van der Waals surface area contributed by atoms with Crippen LogP contribution in [0.25, 0.3) is 0 Å². The van der Waals surface area contributed by atoms with Gasteiger partial charge in [0, 0.05) is 0 Å². The average molecular weight is 2490 g/mol. The molecule has 22 heteroatoms. The number of aromatic nitrogens is 2. The van der Waals surface area contributed by atoms with Crippen LogP contribution in [0.5, 0.6) is 0 Å². The van der Waals surface area contributed by atoms with Crippen LogP contribution in [-0.4, -0.2) is 21.7 Å². The van der Waals surface area contributed by atoms with E-state index in [1.807, 2.05) is 0 Å². The standard InChI is InChI=1S/C11H16I18N4/c1-6-8-31-33(9(3,4)5)10(24(14)15,25(16)22-12)11(26(17)28(19)20,27(18)29(21)23-13)32(8)7(2)30-6/h31H,1-5H3/q-2. The molecule has 33 heavy (non-hydrogen) atoms. The number of imidazole rings is 1. The first-order chi connectivity index (χ1) is 15.1. The number of rotatable bonds is 8. The third-order valence-electron chi connectivity index (χ3n) is 4.07. The van der Waals surface area contributed by atoms with E-state index in [4.69, 9.17) is 4.98 Å². The molecule has 0 amide bonds. The van der Waals surface area contributed by atoms with Gasteiger partial charge in [0.2, 0.25) is 0 Å². The van der Waals surface area contributed by atoms with Crippen LogP contribution in [-0.2, 0) is 1.55 Å². The molecule has 1 N–H and O–H groups in total. The van der Waals surface area contributed by atoms with Crippen molar-refractivity contribution in [1.29, 1.82) is 0 Å². The number of anilines is 1. The van der Waals surface area contributed by atoms with Crippen LogP contribution in [0.15, 0.2) is 0 Å². The number of hydrogen-bond acceptors (Lipinski definition) is 3. The Bertz CT molecular complexity index is 829. The molecule has 0 aromatic carbocycles. The molecule has 0 saturated carbocycles. The average Bonchev–Trinajstić information content (AvgIpc) is 3.02. The number of nitrogens with zero attached hydrogens (tertiary/aromatic N) is 3. The number of aryl methyl sites for hydroxylation is 2. The molecule has 0 bridgehead atoms. The summed E-state index contributed by atoms with van der Waals surface area (Å²) >= 11 is 25.6. The van der Waals surface area contributed by atoms with Crippen molar-refractivity contribution < 1.29 is 26.5 Å². The van der Waals surface area contributed by atoms with E-state index in [-0.39, 0.29) is 18.8 Å². The molecular weight excluding hydrogens is 2470 g/mol. The van der Waals surface area contributed by atoms with Gasteiger partial charge in [0.15, 0.2) is 0 Å². The molecule has 2 unspecified atom stereocenters. The van der Waals surface area contributed by atoms with E-state index in [9.17, 15) is 0 Å². The van der Waals surface area contributed by atoms with Crippen molar-refractivity contribution >= 4 is 255 Å². The first-order valence-corrected chi connectivity index (χ1v) is 100. The summed E-state index contributed by atoms with van der Waals surface area (Å²) < 4.78 is 3.84. The topological polar surface area (TPSA) is 33.1 Å². The van der Waals surface area contributed by atoms with E-state index in [0.717, 1.165) is 0 Å². The van der Waals surface area contributed by atoms with Crippen LogP contribution in [0, 0.1) is 13.8 Å². The predicted octanol–water partition coefficient (Wildman–Crippen LogP) is 9.58. The van der Waals surface area contributed by atoms with Gasteiger partial charge in [0.05, 0.1) is 0 Å². The molecule has 1 aliphatic rings. The van der Waals surface area contributed by atoms with Gasteiger partial charge < -0.3 is 0 Å². The molecular formula is C11H16I18N4-2. The van der Waals surface area contributed by atoms with Gasteiger partial charge in [-0.1, -0.05) is 0 Å². The van der Waals surface area contributed by atoms with Crippen molar-refractivity contribution in [3.05, 3.63) is 11.5 Å². The molecule has 0 radical (unpaired) electrons. The molecule has 0 aliphatic carbocycles. The third kappa shape index (κ3) is 8.65. The summed E-state index contributed by atoms with van der Waals surface area (Å²) in [7, 11) is -1.99. The van der Waals surface area contributed by atoms with Crippen LogP contribution in [0.3, 0.4) is 0 Å². The van der Waals surface area contributed by atoms with Gasteiger partial charge in [-0.3, -0.25) is 0 Å². The Balaban J connectivity index is 3.28. The predicted molar refractivity (Wildman–Crippen MR) is 282 cm³/mol. The summed E-state index contributed by atoms with van der Waals surface area (Å²) in [4.78, 5) is 5.21. The van der Waals surface area contributed by atoms with E-state index >= 15 is 0 Å². The molecule has 208 valence electrons. The molecule has 1 aromatic rings. The number of hydrogen-bond donors (Lipinski definition) is 1. The molecule has 2 heterocycles. The summed E-state index contributed by atoms with van der Waals surface area (Å²) in [6, 6.07) is 0.